The highest BCUT2D eigenvalue weighted by atomic mass is 35.5. The number of nitrogens with zero attached hydrogens (tertiary/aromatic N) is 2. The summed E-state index contributed by atoms with van der Waals surface area (Å²) in [7, 11) is 0. The third kappa shape index (κ3) is 2.51. The maximum Gasteiger partial charge on any atom is 0.136 e. The second kappa shape index (κ2) is 5.44. The maximum atomic E-state index is 13.1. The molecule has 0 atom stereocenters. The second-order valence-electron chi connectivity index (χ2n) is 4.20. The number of rotatable bonds is 3. The molecule has 0 N–H and O–H groups in total. The van der Waals surface area contributed by atoms with Crippen LogP contribution in [0.25, 0.3) is 11.3 Å². The molecule has 94 valence electrons. The van der Waals surface area contributed by atoms with Gasteiger partial charge in [0.15, 0.2) is 0 Å². The van der Waals surface area contributed by atoms with E-state index in [1.165, 1.54) is 18.5 Å². The van der Waals surface area contributed by atoms with E-state index in [-0.39, 0.29) is 5.82 Å². The molecular weight excluding hydrogens is 251 g/mol. The largest absolute Gasteiger partial charge is 0.236 e. The van der Waals surface area contributed by atoms with Gasteiger partial charge in [-0.15, -0.1) is 0 Å². The lowest BCUT2D eigenvalue weighted by atomic mass is 10.00. The fourth-order valence-corrected chi connectivity index (χ4v) is 2.21. The van der Waals surface area contributed by atoms with Gasteiger partial charge in [-0.3, -0.25) is 0 Å². The quantitative estimate of drug-likeness (QED) is 0.777. The van der Waals surface area contributed by atoms with Crippen molar-refractivity contribution in [2.45, 2.75) is 26.7 Å². The SMILES string of the molecule is CCCc1c(Cl)ncnc1-c1ccc(F)cc1C. The number of aromatic nitrogens is 2. The third-order valence-electron chi connectivity index (χ3n) is 2.84. The number of hydrogen-bond donors (Lipinski definition) is 0. The van der Waals surface area contributed by atoms with Crippen LogP contribution < -0.4 is 0 Å². The van der Waals surface area contributed by atoms with Gasteiger partial charge in [-0.1, -0.05) is 24.9 Å². The monoisotopic (exact) mass is 264 g/mol. The highest BCUT2D eigenvalue weighted by Gasteiger charge is 2.13. The van der Waals surface area contributed by atoms with Crippen LogP contribution in [0.5, 0.6) is 0 Å². The van der Waals surface area contributed by atoms with Crippen LogP contribution in [-0.2, 0) is 6.42 Å². The predicted octanol–water partition coefficient (Wildman–Crippen LogP) is 4.20. The molecule has 1 heterocycles. The topological polar surface area (TPSA) is 25.8 Å². The van der Waals surface area contributed by atoms with E-state index in [0.717, 1.165) is 35.2 Å². The summed E-state index contributed by atoms with van der Waals surface area (Å²) in [5, 5.41) is 0.477. The predicted molar refractivity (Wildman–Crippen MR) is 71.2 cm³/mol. The average molecular weight is 265 g/mol. The molecule has 2 nitrogen and oxygen atoms in total. The first-order chi connectivity index (χ1) is 8.63. The van der Waals surface area contributed by atoms with Gasteiger partial charge in [0, 0.05) is 11.1 Å². The van der Waals surface area contributed by atoms with Crippen LogP contribution in [0.1, 0.15) is 24.5 Å². The summed E-state index contributed by atoms with van der Waals surface area (Å²) < 4.78 is 13.1. The van der Waals surface area contributed by atoms with E-state index in [4.69, 9.17) is 11.6 Å². The Balaban J connectivity index is 2.59. The lowest BCUT2D eigenvalue weighted by Gasteiger charge is -2.11. The first kappa shape index (κ1) is 13.0. The molecule has 1 aromatic heterocycles. The van der Waals surface area contributed by atoms with Crippen molar-refractivity contribution >= 4 is 11.6 Å². The van der Waals surface area contributed by atoms with Crippen molar-refractivity contribution in [3.8, 4) is 11.3 Å². The molecule has 0 amide bonds. The molecule has 0 unspecified atom stereocenters. The Morgan fingerprint density at radius 3 is 2.72 bits per heavy atom. The van der Waals surface area contributed by atoms with E-state index in [2.05, 4.69) is 16.9 Å². The zero-order valence-electron chi connectivity index (χ0n) is 10.4. The van der Waals surface area contributed by atoms with E-state index in [1.807, 2.05) is 6.92 Å². The Morgan fingerprint density at radius 2 is 2.06 bits per heavy atom. The molecule has 0 aliphatic heterocycles. The summed E-state index contributed by atoms with van der Waals surface area (Å²) in [6.45, 7) is 3.94. The zero-order valence-corrected chi connectivity index (χ0v) is 11.1. The average Bonchev–Trinajstić information content (AvgIpc) is 2.32. The molecule has 18 heavy (non-hydrogen) atoms. The van der Waals surface area contributed by atoms with Crippen LogP contribution in [0.15, 0.2) is 24.5 Å². The molecule has 0 saturated heterocycles. The van der Waals surface area contributed by atoms with Gasteiger partial charge in [0.25, 0.3) is 0 Å². The van der Waals surface area contributed by atoms with E-state index in [9.17, 15) is 4.39 Å². The Kier molecular flexibility index (Phi) is 3.92. The summed E-state index contributed by atoms with van der Waals surface area (Å²) in [6.07, 6.45) is 3.21. The van der Waals surface area contributed by atoms with Crippen LogP contribution >= 0.6 is 11.6 Å². The number of halogens is 2. The molecular formula is C14H14ClFN2. The minimum Gasteiger partial charge on any atom is -0.236 e. The number of aryl methyl sites for hydroxylation is 1. The van der Waals surface area contributed by atoms with E-state index >= 15 is 0 Å². The zero-order chi connectivity index (χ0) is 13.1. The molecule has 2 aromatic rings. The minimum absolute atomic E-state index is 0.242. The van der Waals surface area contributed by atoms with Gasteiger partial charge in [0.2, 0.25) is 0 Å². The fraction of sp³-hybridized carbons (Fsp3) is 0.286. The lowest BCUT2D eigenvalue weighted by Crippen LogP contribution is -1.98. The lowest BCUT2D eigenvalue weighted by molar-refractivity contribution is 0.627. The fourth-order valence-electron chi connectivity index (χ4n) is 1.99. The maximum absolute atomic E-state index is 13.1. The van der Waals surface area contributed by atoms with E-state index in [1.54, 1.807) is 6.07 Å². The Bertz CT molecular complexity index is 570. The van der Waals surface area contributed by atoms with Gasteiger partial charge in [0.1, 0.15) is 17.3 Å². The van der Waals surface area contributed by atoms with Crippen molar-refractivity contribution in [3.05, 3.63) is 46.6 Å². The highest BCUT2D eigenvalue weighted by molar-refractivity contribution is 6.30. The van der Waals surface area contributed by atoms with Gasteiger partial charge >= 0.3 is 0 Å². The van der Waals surface area contributed by atoms with Gasteiger partial charge in [-0.25, -0.2) is 14.4 Å². The number of benzene rings is 1. The van der Waals surface area contributed by atoms with E-state index in [0.29, 0.717) is 5.15 Å². The standard InChI is InChI=1S/C14H14ClFN2/c1-3-4-12-13(17-8-18-14(12)15)11-6-5-10(16)7-9(11)2/h5-8H,3-4H2,1-2H3. The molecule has 1 aromatic carbocycles. The van der Waals surface area contributed by atoms with Crippen molar-refractivity contribution in [2.24, 2.45) is 0 Å². The Hall–Kier alpha value is -1.48. The van der Waals surface area contributed by atoms with Crippen molar-refractivity contribution in [3.63, 3.8) is 0 Å². The summed E-state index contributed by atoms with van der Waals surface area (Å²) in [5.41, 5.74) is 3.48. The van der Waals surface area contributed by atoms with Gasteiger partial charge in [0.05, 0.1) is 5.69 Å². The highest BCUT2D eigenvalue weighted by Crippen LogP contribution is 2.29. The molecule has 0 radical (unpaired) electrons. The smallest absolute Gasteiger partial charge is 0.136 e. The molecule has 0 spiro atoms. The summed E-state index contributed by atoms with van der Waals surface area (Å²) in [5.74, 6) is -0.242. The van der Waals surface area contributed by atoms with Crippen LogP contribution in [0.3, 0.4) is 0 Å². The second-order valence-corrected chi connectivity index (χ2v) is 4.56. The van der Waals surface area contributed by atoms with Crippen molar-refractivity contribution < 1.29 is 4.39 Å². The summed E-state index contributed by atoms with van der Waals surface area (Å²) in [6, 6.07) is 4.68. The van der Waals surface area contributed by atoms with Crippen LogP contribution in [0.4, 0.5) is 4.39 Å². The molecule has 2 rings (SSSR count). The summed E-state index contributed by atoms with van der Waals surface area (Å²) in [4.78, 5) is 8.31. The van der Waals surface area contributed by atoms with E-state index < -0.39 is 0 Å². The van der Waals surface area contributed by atoms with Crippen molar-refractivity contribution in [1.82, 2.24) is 9.97 Å². The normalized spacial score (nSPS) is 10.7. The summed E-state index contributed by atoms with van der Waals surface area (Å²) >= 11 is 6.12. The molecule has 0 aliphatic carbocycles. The molecule has 4 heteroatoms. The van der Waals surface area contributed by atoms with Crippen LogP contribution in [0.2, 0.25) is 5.15 Å². The first-order valence-corrected chi connectivity index (χ1v) is 6.27. The molecule has 0 bridgehead atoms. The minimum atomic E-state index is -0.242. The van der Waals surface area contributed by atoms with Crippen LogP contribution in [0, 0.1) is 12.7 Å². The van der Waals surface area contributed by atoms with Crippen molar-refractivity contribution in [2.75, 3.05) is 0 Å². The molecule has 0 aliphatic rings. The van der Waals surface area contributed by atoms with Gasteiger partial charge < -0.3 is 0 Å². The van der Waals surface area contributed by atoms with Crippen LogP contribution in [-0.4, -0.2) is 9.97 Å². The first-order valence-electron chi connectivity index (χ1n) is 5.89. The molecule has 0 fully saturated rings. The Morgan fingerprint density at radius 1 is 1.28 bits per heavy atom. The molecule has 0 saturated carbocycles. The van der Waals surface area contributed by atoms with Gasteiger partial charge in [-0.2, -0.15) is 0 Å². The number of hydrogen-bond acceptors (Lipinski definition) is 2. The van der Waals surface area contributed by atoms with Crippen molar-refractivity contribution in [1.29, 1.82) is 0 Å². The Labute approximate surface area is 111 Å². The third-order valence-corrected chi connectivity index (χ3v) is 3.16. The van der Waals surface area contributed by atoms with Gasteiger partial charge in [-0.05, 0) is 37.1 Å².